The topological polar surface area (TPSA) is 65.7 Å². The molecule has 5 heteroatoms. The minimum atomic E-state index is 0.0794. The average Bonchev–Trinajstić information content (AvgIpc) is 2.97. The Morgan fingerprint density at radius 2 is 2.00 bits per heavy atom. The van der Waals surface area contributed by atoms with Gasteiger partial charge in [0.2, 0.25) is 0 Å². The smallest absolute Gasteiger partial charge is 0.122 e. The molecule has 0 aromatic heterocycles. The molecular weight excluding hydrogens is 244 g/mol. The van der Waals surface area contributed by atoms with Crippen LogP contribution in [0, 0.1) is 5.92 Å². The second kappa shape index (κ2) is 6.75. The van der Waals surface area contributed by atoms with Crippen LogP contribution >= 0.6 is 0 Å². The van der Waals surface area contributed by atoms with Crippen molar-refractivity contribution in [1.82, 2.24) is 5.43 Å². The maximum Gasteiger partial charge on any atom is 0.122 e. The second-order valence-corrected chi connectivity index (χ2v) is 4.83. The molecule has 1 aromatic rings. The number of nitrogens with one attached hydrogen (secondary N) is 1. The molecule has 1 heterocycles. The molecule has 106 valence electrons. The summed E-state index contributed by atoms with van der Waals surface area (Å²) in [7, 11) is 3.29. The Balaban J connectivity index is 2.15. The zero-order valence-electron chi connectivity index (χ0n) is 11.5. The van der Waals surface area contributed by atoms with Gasteiger partial charge in [-0.15, -0.1) is 0 Å². The van der Waals surface area contributed by atoms with E-state index in [4.69, 9.17) is 20.1 Å². The molecule has 1 saturated heterocycles. The van der Waals surface area contributed by atoms with Crippen molar-refractivity contribution >= 4 is 0 Å². The summed E-state index contributed by atoms with van der Waals surface area (Å²) in [6.45, 7) is 1.67. The van der Waals surface area contributed by atoms with E-state index in [1.807, 2.05) is 18.2 Å². The fraction of sp³-hybridized carbons (Fsp3) is 0.571. The van der Waals surface area contributed by atoms with Gasteiger partial charge >= 0.3 is 0 Å². The summed E-state index contributed by atoms with van der Waals surface area (Å²) in [5.74, 6) is 7.80. The highest BCUT2D eigenvalue weighted by Gasteiger charge is 2.22. The summed E-state index contributed by atoms with van der Waals surface area (Å²) in [5, 5.41) is 0. The van der Waals surface area contributed by atoms with E-state index in [1.165, 1.54) is 0 Å². The summed E-state index contributed by atoms with van der Waals surface area (Å²) in [6, 6.07) is 5.91. The minimum absolute atomic E-state index is 0.0794. The van der Waals surface area contributed by atoms with Crippen molar-refractivity contribution in [3.63, 3.8) is 0 Å². The van der Waals surface area contributed by atoms with E-state index >= 15 is 0 Å². The average molecular weight is 266 g/mol. The second-order valence-electron chi connectivity index (χ2n) is 4.83. The number of ether oxygens (including phenoxy) is 3. The lowest BCUT2D eigenvalue weighted by molar-refractivity contribution is 0.181. The van der Waals surface area contributed by atoms with Gasteiger partial charge in [0.05, 0.1) is 14.2 Å². The number of rotatable bonds is 6. The SMILES string of the molecule is COc1cc(OC)cc(C(CC2CCOC2)NN)c1. The molecular formula is C14H22N2O3. The first kappa shape index (κ1) is 14.1. The Kier molecular flexibility index (Phi) is 5.01. The van der Waals surface area contributed by atoms with Crippen molar-refractivity contribution in [2.45, 2.75) is 18.9 Å². The third kappa shape index (κ3) is 3.59. The van der Waals surface area contributed by atoms with Crippen LogP contribution < -0.4 is 20.7 Å². The van der Waals surface area contributed by atoms with Crippen molar-refractivity contribution < 1.29 is 14.2 Å². The van der Waals surface area contributed by atoms with E-state index in [0.717, 1.165) is 43.1 Å². The van der Waals surface area contributed by atoms with Crippen LogP contribution in [-0.4, -0.2) is 27.4 Å². The zero-order chi connectivity index (χ0) is 13.7. The van der Waals surface area contributed by atoms with Crippen LogP contribution in [-0.2, 0) is 4.74 Å². The molecule has 2 unspecified atom stereocenters. The Hall–Kier alpha value is -1.30. The van der Waals surface area contributed by atoms with Gasteiger partial charge in [-0.25, -0.2) is 0 Å². The Morgan fingerprint density at radius 1 is 1.32 bits per heavy atom. The molecule has 1 fully saturated rings. The summed E-state index contributed by atoms with van der Waals surface area (Å²) in [4.78, 5) is 0. The predicted octanol–water partition coefficient (Wildman–Crippen LogP) is 1.63. The number of hydrazine groups is 1. The monoisotopic (exact) mass is 266 g/mol. The first-order chi connectivity index (χ1) is 9.26. The number of nitrogens with two attached hydrogens (primary N) is 1. The zero-order valence-corrected chi connectivity index (χ0v) is 11.5. The molecule has 19 heavy (non-hydrogen) atoms. The number of methoxy groups -OCH3 is 2. The maximum atomic E-state index is 5.69. The molecule has 2 rings (SSSR count). The summed E-state index contributed by atoms with van der Waals surface area (Å²) in [6.07, 6.45) is 2.05. The van der Waals surface area contributed by atoms with Gasteiger partial charge in [-0.05, 0) is 36.5 Å². The molecule has 0 saturated carbocycles. The van der Waals surface area contributed by atoms with Gasteiger partial charge in [0.25, 0.3) is 0 Å². The fourth-order valence-corrected chi connectivity index (χ4v) is 2.43. The lowest BCUT2D eigenvalue weighted by atomic mass is 9.94. The van der Waals surface area contributed by atoms with Gasteiger partial charge < -0.3 is 14.2 Å². The highest BCUT2D eigenvalue weighted by molar-refractivity contribution is 5.39. The molecule has 1 aliphatic heterocycles. The minimum Gasteiger partial charge on any atom is -0.497 e. The standard InChI is InChI=1S/C14H22N2O3/c1-17-12-6-11(7-13(8-12)18-2)14(16-15)5-10-3-4-19-9-10/h6-8,10,14,16H,3-5,9,15H2,1-2H3. The number of hydrogen-bond acceptors (Lipinski definition) is 5. The number of hydrogen-bond donors (Lipinski definition) is 2. The molecule has 1 aliphatic rings. The highest BCUT2D eigenvalue weighted by Crippen LogP contribution is 2.31. The van der Waals surface area contributed by atoms with Crippen molar-refractivity contribution in [3.8, 4) is 11.5 Å². The highest BCUT2D eigenvalue weighted by atomic mass is 16.5. The van der Waals surface area contributed by atoms with Gasteiger partial charge in [-0.3, -0.25) is 11.3 Å². The molecule has 3 N–H and O–H groups in total. The number of benzene rings is 1. The van der Waals surface area contributed by atoms with Crippen molar-refractivity contribution in [1.29, 1.82) is 0 Å². The van der Waals surface area contributed by atoms with Crippen LogP contribution in [0.3, 0.4) is 0 Å². The van der Waals surface area contributed by atoms with Gasteiger partial charge in [-0.2, -0.15) is 0 Å². The van der Waals surface area contributed by atoms with Gasteiger partial charge in [0, 0.05) is 25.3 Å². The third-order valence-electron chi connectivity index (χ3n) is 3.57. The molecule has 5 nitrogen and oxygen atoms in total. The Bertz CT molecular complexity index is 383. The summed E-state index contributed by atoms with van der Waals surface area (Å²) < 4.78 is 16.0. The van der Waals surface area contributed by atoms with Gasteiger partial charge in [0.1, 0.15) is 11.5 Å². The van der Waals surface area contributed by atoms with E-state index in [-0.39, 0.29) is 6.04 Å². The summed E-state index contributed by atoms with van der Waals surface area (Å²) in [5.41, 5.74) is 3.96. The normalized spacial score (nSPS) is 20.3. The van der Waals surface area contributed by atoms with E-state index in [2.05, 4.69) is 5.43 Å². The van der Waals surface area contributed by atoms with Gasteiger partial charge in [0.15, 0.2) is 0 Å². The first-order valence-electron chi connectivity index (χ1n) is 6.53. The molecule has 0 spiro atoms. The van der Waals surface area contributed by atoms with E-state index in [9.17, 15) is 0 Å². The van der Waals surface area contributed by atoms with Crippen LogP contribution in [0.5, 0.6) is 11.5 Å². The molecule has 0 bridgehead atoms. The van der Waals surface area contributed by atoms with E-state index < -0.39 is 0 Å². The lowest BCUT2D eigenvalue weighted by Gasteiger charge is -2.20. The molecule has 1 aromatic carbocycles. The van der Waals surface area contributed by atoms with E-state index in [0.29, 0.717) is 5.92 Å². The van der Waals surface area contributed by atoms with Crippen LogP contribution in [0.4, 0.5) is 0 Å². The van der Waals surface area contributed by atoms with Crippen LogP contribution in [0.25, 0.3) is 0 Å². The quantitative estimate of drug-likeness (QED) is 0.605. The predicted molar refractivity (Wildman–Crippen MR) is 73.2 cm³/mol. The van der Waals surface area contributed by atoms with E-state index in [1.54, 1.807) is 14.2 Å². The largest absolute Gasteiger partial charge is 0.497 e. The van der Waals surface area contributed by atoms with Gasteiger partial charge in [-0.1, -0.05) is 0 Å². The van der Waals surface area contributed by atoms with Crippen molar-refractivity contribution in [2.75, 3.05) is 27.4 Å². The van der Waals surface area contributed by atoms with Crippen LogP contribution in [0.2, 0.25) is 0 Å². The molecule has 0 amide bonds. The maximum absolute atomic E-state index is 5.69. The Morgan fingerprint density at radius 3 is 2.47 bits per heavy atom. The molecule has 2 atom stereocenters. The third-order valence-corrected chi connectivity index (χ3v) is 3.57. The first-order valence-corrected chi connectivity index (χ1v) is 6.53. The summed E-state index contributed by atoms with van der Waals surface area (Å²) >= 11 is 0. The molecule has 0 radical (unpaired) electrons. The van der Waals surface area contributed by atoms with Crippen molar-refractivity contribution in [2.24, 2.45) is 11.8 Å². The van der Waals surface area contributed by atoms with Crippen LogP contribution in [0.1, 0.15) is 24.4 Å². The fourth-order valence-electron chi connectivity index (χ4n) is 2.43. The lowest BCUT2D eigenvalue weighted by Crippen LogP contribution is -2.30. The van der Waals surface area contributed by atoms with Crippen LogP contribution in [0.15, 0.2) is 18.2 Å². The molecule has 0 aliphatic carbocycles. The van der Waals surface area contributed by atoms with Crippen molar-refractivity contribution in [3.05, 3.63) is 23.8 Å². The Labute approximate surface area is 114 Å².